The van der Waals surface area contributed by atoms with E-state index in [0.29, 0.717) is 18.7 Å². The predicted molar refractivity (Wildman–Crippen MR) is 62.8 cm³/mol. The highest BCUT2D eigenvalue weighted by molar-refractivity contribution is 5.97. The average Bonchev–Trinajstić information content (AvgIpc) is 2.39. The molecule has 1 aliphatic heterocycles. The van der Waals surface area contributed by atoms with E-state index >= 15 is 0 Å². The minimum absolute atomic E-state index is 0.0364. The summed E-state index contributed by atoms with van der Waals surface area (Å²) in [5.41, 5.74) is 0.889. The number of aliphatic hydroxyl groups excluding tert-OH is 1. The number of phenols is 1. The second-order valence-electron chi connectivity index (χ2n) is 4.05. The minimum atomic E-state index is -0.181. The van der Waals surface area contributed by atoms with Gasteiger partial charge in [-0.1, -0.05) is 6.07 Å². The third kappa shape index (κ3) is 2.57. The number of hydrogen-bond acceptors (Lipinski definition) is 4. The molecule has 1 heterocycles. The summed E-state index contributed by atoms with van der Waals surface area (Å²) in [6.45, 7) is 2.68. The van der Waals surface area contributed by atoms with Crippen LogP contribution in [0.25, 0.3) is 0 Å². The summed E-state index contributed by atoms with van der Waals surface area (Å²) >= 11 is 0. The average molecular weight is 236 g/mol. The standard InChI is InChI=1S/C12H16N2O3/c15-8-9-1-2-11(16)10(7-9)12(17)14-5-3-13-4-6-14/h1-2,7,13,15-16H,3-6,8H2. The van der Waals surface area contributed by atoms with Crippen molar-refractivity contribution in [3.05, 3.63) is 29.3 Å². The number of nitrogens with zero attached hydrogens (tertiary/aromatic N) is 1. The molecule has 0 unspecified atom stereocenters. The minimum Gasteiger partial charge on any atom is -0.507 e. The van der Waals surface area contributed by atoms with Crippen molar-refractivity contribution in [3.63, 3.8) is 0 Å². The molecule has 1 aromatic carbocycles. The van der Waals surface area contributed by atoms with Crippen LogP contribution in [0.3, 0.4) is 0 Å². The molecule has 92 valence electrons. The van der Waals surface area contributed by atoms with Crippen molar-refractivity contribution in [2.45, 2.75) is 6.61 Å². The molecule has 1 saturated heterocycles. The number of nitrogens with one attached hydrogen (secondary N) is 1. The zero-order valence-electron chi connectivity index (χ0n) is 9.52. The highest BCUT2D eigenvalue weighted by Crippen LogP contribution is 2.20. The summed E-state index contributed by atoms with van der Waals surface area (Å²) in [4.78, 5) is 13.8. The Morgan fingerprint density at radius 2 is 2.06 bits per heavy atom. The predicted octanol–water partition coefficient (Wildman–Crippen LogP) is -0.0701. The maximum Gasteiger partial charge on any atom is 0.257 e. The maximum absolute atomic E-state index is 12.1. The van der Waals surface area contributed by atoms with Gasteiger partial charge in [0.1, 0.15) is 5.75 Å². The normalized spacial score (nSPS) is 15.9. The number of piperazine rings is 1. The van der Waals surface area contributed by atoms with Crippen LogP contribution in [0.1, 0.15) is 15.9 Å². The number of phenolic OH excluding ortho intramolecular Hbond substituents is 1. The first-order valence-corrected chi connectivity index (χ1v) is 5.65. The van der Waals surface area contributed by atoms with Gasteiger partial charge in [0.25, 0.3) is 5.91 Å². The fourth-order valence-corrected chi connectivity index (χ4v) is 1.89. The molecule has 5 nitrogen and oxygen atoms in total. The molecule has 0 spiro atoms. The first-order valence-electron chi connectivity index (χ1n) is 5.65. The lowest BCUT2D eigenvalue weighted by molar-refractivity contribution is 0.0732. The summed E-state index contributed by atoms with van der Waals surface area (Å²) in [7, 11) is 0. The summed E-state index contributed by atoms with van der Waals surface area (Å²) < 4.78 is 0. The zero-order chi connectivity index (χ0) is 12.3. The Morgan fingerprint density at radius 3 is 2.71 bits per heavy atom. The molecule has 0 radical (unpaired) electrons. The first kappa shape index (κ1) is 11.9. The molecule has 1 fully saturated rings. The van der Waals surface area contributed by atoms with Crippen LogP contribution in [-0.2, 0) is 6.61 Å². The van der Waals surface area contributed by atoms with E-state index in [4.69, 9.17) is 5.11 Å². The van der Waals surface area contributed by atoms with Gasteiger partial charge in [0, 0.05) is 26.2 Å². The van der Waals surface area contributed by atoms with E-state index in [-0.39, 0.29) is 23.8 Å². The van der Waals surface area contributed by atoms with Gasteiger partial charge in [-0.25, -0.2) is 0 Å². The lowest BCUT2D eigenvalue weighted by Crippen LogP contribution is -2.46. The van der Waals surface area contributed by atoms with Crippen molar-refractivity contribution >= 4 is 5.91 Å². The second-order valence-corrected chi connectivity index (χ2v) is 4.05. The fourth-order valence-electron chi connectivity index (χ4n) is 1.89. The number of aromatic hydroxyl groups is 1. The Kier molecular flexibility index (Phi) is 3.61. The lowest BCUT2D eigenvalue weighted by atomic mass is 10.1. The maximum atomic E-state index is 12.1. The fraction of sp³-hybridized carbons (Fsp3) is 0.417. The Hall–Kier alpha value is -1.59. The molecule has 1 aromatic rings. The van der Waals surface area contributed by atoms with Crippen molar-refractivity contribution in [1.82, 2.24) is 10.2 Å². The summed E-state index contributed by atoms with van der Waals surface area (Å²) in [6.07, 6.45) is 0. The molecule has 1 amide bonds. The monoisotopic (exact) mass is 236 g/mol. The number of aliphatic hydroxyl groups is 1. The molecule has 1 aliphatic rings. The van der Waals surface area contributed by atoms with E-state index in [1.807, 2.05) is 0 Å². The van der Waals surface area contributed by atoms with E-state index in [2.05, 4.69) is 5.32 Å². The van der Waals surface area contributed by atoms with Crippen molar-refractivity contribution in [2.24, 2.45) is 0 Å². The molecule has 3 N–H and O–H groups in total. The van der Waals surface area contributed by atoms with Crippen LogP contribution in [-0.4, -0.2) is 47.2 Å². The van der Waals surface area contributed by atoms with Crippen LogP contribution >= 0.6 is 0 Å². The van der Waals surface area contributed by atoms with Crippen molar-refractivity contribution in [1.29, 1.82) is 0 Å². The molecule has 0 aliphatic carbocycles. The van der Waals surface area contributed by atoms with Crippen LogP contribution in [0.15, 0.2) is 18.2 Å². The molecule has 0 bridgehead atoms. The van der Waals surface area contributed by atoms with Gasteiger partial charge in [0.15, 0.2) is 0 Å². The van der Waals surface area contributed by atoms with Gasteiger partial charge in [0.2, 0.25) is 0 Å². The van der Waals surface area contributed by atoms with E-state index in [0.717, 1.165) is 13.1 Å². The lowest BCUT2D eigenvalue weighted by Gasteiger charge is -2.27. The van der Waals surface area contributed by atoms with Gasteiger partial charge in [-0.05, 0) is 17.7 Å². The smallest absolute Gasteiger partial charge is 0.257 e. The third-order valence-corrected chi connectivity index (χ3v) is 2.88. The van der Waals surface area contributed by atoms with Crippen LogP contribution < -0.4 is 5.32 Å². The molecule has 2 rings (SSSR count). The van der Waals surface area contributed by atoms with E-state index < -0.39 is 0 Å². The first-order chi connectivity index (χ1) is 8.22. The second kappa shape index (κ2) is 5.16. The Morgan fingerprint density at radius 1 is 1.35 bits per heavy atom. The molecular weight excluding hydrogens is 220 g/mol. The molecule has 0 saturated carbocycles. The number of carbonyl (C=O) groups excluding carboxylic acids is 1. The van der Waals surface area contributed by atoms with Crippen LogP contribution in [0.2, 0.25) is 0 Å². The number of hydrogen-bond donors (Lipinski definition) is 3. The van der Waals surface area contributed by atoms with Gasteiger partial charge in [-0.3, -0.25) is 4.79 Å². The Bertz CT molecular complexity index is 414. The van der Waals surface area contributed by atoms with Crippen molar-refractivity contribution in [2.75, 3.05) is 26.2 Å². The topological polar surface area (TPSA) is 72.8 Å². The molecule has 5 heteroatoms. The van der Waals surface area contributed by atoms with Crippen molar-refractivity contribution < 1.29 is 15.0 Å². The quantitative estimate of drug-likeness (QED) is 0.672. The number of carbonyl (C=O) groups is 1. The number of amides is 1. The SMILES string of the molecule is O=C(c1cc(CO)ccc1O)N1CCNCC1. The van der Waals surface area contributed by atoms with E-state index in [1.54, 1.807) is 17.0 Å². The van der Waals surface area contributed by atoms with Crippen molar-refractivity contribution in [3.8, 4) is 5.75 Å². The largest absolute Gasteiger partial charge is 0.507 e. The van der Waals surface area contributed by atoms with Gasteiger partial charge < -0.3 is 20.4 Å². The van der Waals surface area contributed by atoms with Gasteiger partial charge >= 0.3 is 0 Å². The van der Waals surface area contributed by atoms with Crippen LogP contribution in [0, 0.1) is 0 Å². The summed E-state index contributed by atoms with van der Waals surface area (Å²) in [6, 6.07) is 4.59. The number of rotatable bonds is 2. The molecule has 0 aromatic heterocycles. The summed E-state index contributed by atoms with van der Waals surface area (Å²) in [5, 5.41) is 21.9. The van der Waals surface area contributed by atoms with E-state index in [1.165, 1.54) is 6.07 Å². The van der Waals surface area contributed by atoms with E-state index in [9.17, 15) is 9.90 Å². The zero-order valence-corrected chi connectivity index (χ0v) is 9.52. The Labute approximate surface area is 99.7 Å². The van der Waals surface area contributed by atoms with Crippen LogP contribution in [0.5, 0.6) is 5.75 Å². The molecular formula is C12H16N2O3. The highest BCUT2D eigenvalue weighted by Gasteiger charge is 2.20. The summed E-state index contributed by atoms with van der Waals surface area (Å²) in [5.74, 6) is -0.218. The Balaban J connectivity index is 2.22. The molecule has 17 heavy (non-hydrogen) atoms. The third-order valence-electron chi connectivity index (χ3n) is 2.88. The van der Waals surface area contributed by atoms with Gasteiger partial charge in [-0.15, -0.1) is 0 Å². The highest BCUT2D eigenvalue weighted by atomic mass is 16.3. The van der Waals surface area contributed by atoms with Gasteiger partial charge in [0.05, 0.1) is 12.2 Å². The van der Waals surface area contributed by atoms with Crippen LogP contribution in [0.4, 0.5) is 0 Å². The van der Waals surface area contributed by atoms with Gasteiger partial charge in [-0.2, -0.15) is 0 Å². The molecule has 0 atom stereocenters. The number of benzene rings is 1.